The molecule has 11 heavy (non-hydrogen) atoms. The number of rotatable bonds is 0. The third-order valence-electron chi connectivity index (χ3n) is 1.16. The van der Waals surface area contributed by atoms with E-state index in [-0.39, 0.29) is 0 Å². The molecule has 66 valence electrons. The summed E-state index contributed by atoms with van der Waals surface area (Å²) in [6.45, 7) is 0. The molecule has 1 rings (SSSR count). The van der Waals surface area contributed by atoms with Crippen LogP contribution in [-0.4, -0.2) is 8.42 Å². The Bertz CT molecular complexity index is 193. The Balaban J connectivity index is 0.000000187. The molecule has 0 amide bonds. The molecule has 0 fully saturated rings. The molecule has 0 aromatic heterocycles. The molecule has 0 aromatic carbocycles. The molecule has 4 N–H and O–H groups in total. The molecule has 0 radical (unpaired) electrons. The zero-order valence-electron chi connectivity index (χ0n) is 6.36. The van der Waals surface area contributed by atoms with Gasteiger partial charge >= 0.3 is 0 Å². The lowest BCUT2D eigenvalue weighted by Crippen LogP contribution is -2.21. The summed E-state index contributed by atoms with van der Waals surface area (Å²) in [6, 6.07) is 0. The smallest absolute Gasteiger partial charge is 0.216 e. The van der Waals surface area contributed by atoms with Crippen LogP contribution in [0.2, 0.25) is 0 Å². The molecule has 1 aliphatic carbocycles. The summed E-state index contributed by atoms with van der Waals surface area (Å²) < 4.78 is 18.4. The Kier molecular flexibility index (Phi) is 5.10. The molecule has 0 atom stereocenters. The van der Waals surface area contributed by atoms with Gasteiger partial charge in [0.15, 0.2) is 0 Å². The fraction of sp³-hybridized carbons (Fsp3) is 0.667. The van der Waals surface area contributed by atoms with Crippen molar-refractivity contribution >= 4 is 10.2 Å². The zero-order chi connectivity index (χ0) is 8.74. The van der Waals surface area contributed by atoms with Crippen molar-refractivity contribution in [3.8, 4) is 0 Å². The van der Waals surface area contributed by atoms with Crippen LogP contribution in [0, 0.1) is 0 Å². The molecule has 0 spiro atoms. The van der Waals surface area contributed by atoms with Crippen LogP contribution >= 0.6 is 0 Å². The largest absolute Gasteiger partial charge is 0.271 e. The molecule has 0 bridgehead atoms. The molecule has 0 heterocycles. The molecular formula is C6H14N2O2S. The lowest BCUT2D eigenvalue weighted by atomic mass is 10.1. The van der Waals surface area contributed by atoms with Crippen LogP contribution in [0.15, 0.2) is 12.2 Å². The predicted molar refractivity (Wildman–Crippen MR) is 44.9 cm³/mol. The quantitative estimate of drug-likeness (QED) is 0.521. The van der Waals surface area contributed by atoms with Crippen LogP contribution in [0.1, 0.15) is 25.7 Å². The Morgan fingerprint density at radius 3 is 1.36 bits per heavy atom. The average molecular weight is 178 g/mol. The van der Waals surface area contributed by atoms with E-state index < -0.39 is 10.2 Å². The summed E-state index contributed by atoms with van der Waals surface area (Å²) in [4.78, 5) is 0. The van der Waals surface area contributed by atoms with Gasteiger partial charge in [-0.15, -0.1) is 0 Å². The maximum Gasteiger partial charge on any atom is 0.271 e. The Hall–Kier alpha value is -0.390. The third kappa shape index (κ3) is 17.7. The van der Waals surface area contributed by atoms with E-state index in [1.54, 1.807) is 0 Å². The highest BCUT2D eigenvalue weighted by Gasteiger charge is 1.87. The number of allylic oxidation sites excluding steroid dienone is 2. The van der Waals surface area contributed by atoms with Gasteiger partial charge in [-0.25, -0.2) is 10.3 Å². The van der Waals surface area contributed by atoms with Crippen molar-refractivity contribution in [2.45, 2.75) is 25.7 Å². The fourth-order valence-electron chi connectivity index (χ4n) is 0.760. The minimum atomic E-state index is -3.67. The molecular weight excluding hydrogens is 164 g/mol. The van der Waals surface area contributed by atoms with E-state index >= 15 is 0 Å². The maximum absolute atomic E-state index is 9.19. The lowest BCUT2D eigenvalue weighted by Gasteiger charge is -1.97. The Morgan fingerprint density at radius 2 is 1.27 bits per heavy atom. The molecule has 0 unspecified atom stereocenters. The van der Waals surface area contributed by atoms with Crippen LogP contribution in [0.25, 0.3) is 0 Å². The second-order valence-electron chi connectivity index (χ2n) is 2.34. The molecule has 0 aliphatic heterocycles. The third-order valence-corrected chi connectivity index (χ3v) is 1.16. The normalized spacial score (nSPS) is 16.9. The summed E-state index contributed by atoms with van der Waals surface area (Å²) in [5, 5.41) is 8.21. The van der Waals surface area contributed by atoms with Gasteiger partial charge in [-0.3, -0.25) is 0 Å². The highest BCUT2D eigenvalue weighted by molar-refractivity contribution is 7.86. The van der Waals surface area contributed by atoms with E-state index in [2.05, 4.69) is 22.4 Å². The second-order valence-corrected chi connectivity index (χ2v) is 3.52. The van der Waals surface area contributed by atoms with E-state index in [0.717, 1.165) is 0 Å². The first kappa shape index (κ1) is 10.6. The van der Waals surface area contributed by atoms with Gasteiger partial charge < -0.3 is 0 Å². The van der Waals surface area contributed by atoms with E-state index in [1.165, 1.54) is 25.7 Å². The van der Waals surface area contributed by atoms with Crippen molar-refractivity contribution in [3.63, 3.8) is 0 Å². The van der Waals surface area contributed by atoms with Crippen LogP contribution in [-0.2, 0) is 10.2 Å². The van der Waals surface area contributed by atoms with E-state index in [4.69, 9.17) is 0 Å². The summed E-state index contributed by atoms with van der Waals surface area (Å²) in [5.74, 6) is 0. The summed E-state index contributed by atoms with van der Waals surface area (Å²) in [6.07, 6.45) is 10.0. The minimum Gasteiger partial charge on any atom is -0.216 e. The maximum atomic E-state index is 9.19. The van der Waals surface area contributed by atoms with Gasteiger partial charge in [0.2, 0.25) is 0 Å². The van der Waals surface area contributed by atoms with Crippen molar-refractivity contribution in [3.05, 3.63) is 12.2 Å². The topological polar surface area (TPSA) is 86.2 Å². The average Bonchev–Trinajstić information content (AvgIpc) is 1.88. The van der Waals surface area contributed by atoms with Crippen LogP contribution in [0.5, 0.6) is 0 Å². The lowest BCUT2D eigenvalue weighted by molar-refractivity contribution is 0.599. The number of hydrogen-bond acceptors (Lipinski definition) is 2. The van der Waals surface area contributed by atoms with E-state index in [0.29, 0.717) is 0 Å². The van der Waals surface area contributed by atoms with Gasteiger partial charge in [0.05, 0.1) is 0 Å². The predicted octanol–water partition coefficient (Wildman–Crippen LogP) is 0.265. The van der Waals surface area contributed by atoms with Crippen LogP contribution < -0.4 is 10.3 Å². The van der Waals surface area contributed by atoms with Gasteiger partial charge in [0.1, 0.15) is 0 Å². The zero-order valence-corrected chi connectivity index (χ0v) is 7.18. The Labute approximate surface area is 67.5 Å². The van der Waals surface area contributed by atoms with Gasteiger partial charge in [-0.05, 0) is 25.7 Å². The molecule has 0 saturated heterocycles. The van der Waals surface area contributed by atoms with Crippen LogP contribution in [0.4, 0.5) is 0 Å². The number of nitrogens with two attached hydrogens (primary N) is 2. The minimum absolute atomic E-state index is 1.32. The highest BCUT2D eigenvalue weighted by Crippen LogP contribution is 2.07. The van der Waals surface area contributed by atoms with Gasteiger partial charge in [0, 0.05) is 0 Å². The fourth-order valence-corrected chi connectivity index (χ4v) is 0.760. The number of hydrogen-bond donors (Lipinski definition) is 2. The summed E-state index contributed by atoms with van der Waals surface area (Å²) in [5.41, 5.74) is 0. The van der Waals surface area contributed by atoms with Crippen LogP contribution in [0.3, 0.4) is 0 Å². The van der Waals surface area contributed by atoms with Crippen molar-refractivity contribution < 1.29 is 8.42 Å². The molecule has 0 aromatic rings. The molecule has 4 nitrogen and oxygen atoms in total. The Morgan fingerprint density at radius 1 is 1.00 bits per heavy atom. The van der Waals surface area contributed by atoms with Crippen molar-refractivity contribution in [1.29, 1.82) is 0 Å². The monoisotopic (exact) mass is 178 g/mol. The van der Waals surface area contributed by atoms with Crippen molar-refractivity contribution in [1.82, 2.24) is 0 Å². The first-order chi connectivity index (χ1) is 5.00. The van der Waals surface area contributed by atoms with Gasteiger partial charge in [0.25, 0.3) is 10.2 Å². The summed E-state index contributed by atoms with van der Waals surface area (Å²) in [7, 11) is -3.67. The first-order valence-electron chi connectivity index (χ1n) is 3.45. The van der Waals surface area contributed by atoms with Crippen molar-refractivity contribution in [2.75, 3.05) is 0 Å². The SMILES string of the molecule is C1=CCCCC1.NS(N)(=O)=O. The molecule has 0 saturated carbocycles. The van der Waals surface area contributed by atoms with E-state index in [1.807, 2.05) is 0 Å². The first-order valence-corrected chi connectivity index (χ1v) is 5.06. The highest BCUT2D eigenvalue weighted by atomic mass is 32.2. The molecule has 1 aliphatic rings. The van der Waals surface area contributed by atoms with Crippen molar-refractivity contribution in [2.24, 2.45) is 10.3 Å². The van der Waals surface area contributed by atoms with Gasteiger partial charge in [-0.1, -0.05) is 12.2 Å². The standard InChI is InChI=1S/C6H10.H4N2O2S/c1-2-4-6-5-3-1;1-5(2,3)4/h1-2H,3-6H2;(H4,1,2,3,4). The van der Waals surface area contributed by atoms with Gasteiger partial charge in [-0.2, -0.15) is 8.42 Å². The summed E-state index contributed by atoms with van der Waals surface area (Å²) >= 11 is 0. The molecule has 5 heteroatoms. The van der Waals surface area contributed by atoms with E-state index in [9.17, 15) is 8.42 Å². The second kappa shape index (κ2) is 5.29.